The molecule has 2 rings (SSSR count). The van der Waals surface area contributed by atoms with Crippen LogP contribution in [0, 0.1) is 5.82 Å². The van der Waals surface area contributed by atoms with E-state index in [1.54, 1.807) is 17.4 Å². The Hall–Kier alpha value is -1.19. The molecule has 0 amide bonds. The van der Waals surface area contributed by atoms with Gasteiger partial charge < -0.3 is 5.32 Å². The molecule has 1 nitrogen and oxygen atoms in total. The van der Waals surface area contributed by atoms with Gasteiger partial charge in [-0.1, -0.05) is 31.2 Å². The third-order valence-electron chi connectivity index (χ3n) is 2.45. The van der Waals surface area contributed by atoms with Gasteiger partial charge in [0.05, 0.1) is 6.04 Å². The zero-order valence-corrected chi connectivity index (χ0v) is 9.93. The zero-order chi connectivity index (χ0) is 11.4. The molecule has 1 heterocycles. The van der Waals surface area contributed by atoms with E-state index < -0.39 is 0 Å². The van der Waals surface area contributed by atoms with E-state index in [1.807, 2.05) is 36.6 Å². The molecular weight excluding hydrogens is 221 g/mol. The summed E-state index contributed by atoms with van der Waals surface area (Å²) in [6.45, 7) is 2.85. The second-order valence-corrected chi connectivity index (χ2v) is 4.51. The first kappa shape index (κ1) is 11.3. The van der Waals surface area contributed by atoms with Crippen molar-refractivity contribution in [1.82, 2.24) is 5.32 Å². The molecule has 1 unspecified atom stereocenters. The van der Waals surface area contributed by atoms with E-state index in [0.29, 0.717) is 5.56 Å². The van der Waals surface area contributed by atoms with Gasteiger partial charge in [0.25, 0.3) is 0 Å². The lowest BCUT2D eigenvalue weighted by molar-refractivity contribution is 0.563. The van der Waals surface area contributed by atoms with Crippen molar-refractivity contribution in [2.24, 2.45) is 0 Å². The van der Waals surface area contributed by atoms with Crippen LogP contribution in [0.4, 0.5) is 4.39 Å². The van der Waals surface area contributed by atoms with Crippen molar-refractivity contribution in [2.45, 2.75) is 13.0 Å². The number of rotatable bonds is 4. The fraction of sp³-hybridized carbons (Fsp3) is 0.231. The molecule has 0 aliphatic heterocycles. The molecule has 0 aliphatic rings. The summed E-state index contributed by atoms with van der Waals surface area (Å²) < 4.78 is 13.7. The van der Waals surface area contributed by atoms with Gasteiger partial charge in [0.1, 0.15) is 5.82 Å². The first-order chi connectivity index (χ1) is 7.83. The maximum atomic E-state index is 13.7. The Morgan fingerprint density at radius 2 is 2.06 bits per heavy atom. The van der Waals surface area contributed by atoms with E-state index in [9.17, 15) is 4.39 Å². The summed E-state index contributed by atoms with van der Waals surface area (Å²) in [5.74, 6) is -0.151. The van der Waals surface area contributed by atoms with Crippen molar-refractivity contribution >= 4 is 11.3 Å². The number of hydrogen-bond donors (Lipinski definition) is 1. The fourth-order valence-electron chi connectivity index (χ4n) is 1.73. The normalized spacial score (nSPS) is 12.6. The SMILES string of the molecule is CCNC(c1cccs1)c1ccccc1F. The lowest BCUT2D eigenvalue weighted by atomic mass is 10.0. The van der Waals surface area contributed by atoms with Gasteiger partial charge in [0, 0.05) is 10.4 Å². The Labute approximate surface area is 98.9 Å². The highest BCUT2D eigenvalue weighted by atomic mass is 32.1. The Balaban J connectivity index is 2.37. The lowest BCUT2D eigenvalue weighted by Crippen LogP contribution is -2.22. The topological polar surface area (TPSA) is 12.0 Å². The Morgan fingerprint density at radius 3 is 2.69 bits per heavy atom. The van der Waals surface area contributed by atoms with Crippen LogP contribution >= 0.6 is 11.3 Å². The van der Waals surface area contributed by atoms with Gasteiger partial charge in [-0.3, -0.25) is 0 Å². The number of thiophene rings is 1. The van der Waals surface area contributed by atoms with Crippen molar-refractivity contribution in [1.29, 1.82) is 0 Å². The quantitative estimate of drug-likeness (QED) is 0.854. The molecule has 1 N–H and O–H groups in total. The second kappa shape index (κ2) is 5.23. The van der Waals surface area contributed by atoms with Gasteiger partial charge in [-0.05, 0) is 24.1 Å². The van der Waals surface area contributed by atoms with Crippen LogP contribution in [0.3, 0.4) is 0 Å². The van der Waals surface area contributed by atoms with Crippen molar-refractivity contribution in [2.75, 3.05) is 6.54 Å². The smallest absolute Gasteiger partial charge is 0.128 e. The van der Waals surface area contributed by atoms with Gasteiger partial charge in [0.2, 0.25) is 0 Å². The molecule has 16 heavy (non-hydrogen) atoms. The number of halogens is 1. The van der Waals surface area contributed by atoms with E-state index in [0.717, 1.165) is 11.4 Å². The second-order valence-electron chi connectivity index (χ2n) is 3.53. The molecule has 0 spiro atoms. The first-order valence-corrected chi connectivity index (χ1v) is 6.22. The van der Waals surface area contributed by atoms with Crippen LogP contribution < -0.4 is 5.32 Å². The van der Waals surface area contributed by atoms with E-state index in [4.69, 9.17) is 0 Å². The molecule has 0 bridgehead atoms. The Kier molecular flexibility index (Phi) is 3.70. The monoisotopic (exact) mass is 235 g/mol. The lowest BCUT2D eigenvalue weighted by Gasteiger charge is -2.17. The highest BCUT2D eigenvalue weighted by Crippen LogP contribution is 2.27. The summed E-state index contributed by atoms with van der Waals surface area (Å²) in [5, 5.41) is 5.33. The number of benzene rings is 1. The molecule has 2 aromatic rings. The minimum absolute atomic E-state index is 0.0359. The van der Waals surface area contributed by atoms with Crippen LogP contribution in [0.1, 0.15) is 23.4 Å². The van der Waals surface area contributed by atoms with Gasteiger partial charge in [-0.15, -0.1) is 11.3 Å². The molecule has 0 saturated carbocycles. The van der Waals surface area contributed by atoms with Crippen LogP contribution in [-0.4, -0.2) is 6.54 Å². The maximum Gasteiger partial charge on any atom is 0.128 e. The predicted octanol–water partition coefficient (Wildman–Crippen LogP) is 3.59. The number of nitrogens with one attached hydrogen (secondary N) is 1. The molecule has 1 aromatic heterocycles. The maximum absolute atomic E-state index is 13.7. The minimum atomic E-state index is -0.151. The molecule has 1 atom stereocenters. The molecule has 1 aromatic carbocycles. The predicted molar refractivity (Wildman–Crippen MR) is 66.2 cm³/mol. The van der Waals surface area contributed by atoms with Crippen molar-refractivity contribution < 1.29 is 4.39 Å². The summed E-state index contributed by atoms with van der Waals surface area (Å²) in [4.78, 5) is 1.15. The first-order valence-electron chi connectivity index (χ1n) is 5.34. The van der Waals surface area contributed by atoms with Crippen LogP contribution in [-0.2, 0) is 0 Å². The largest absolute Gasteiger partial charge is 0.306 e. The highest BCUT2D eigenvalue weighted by Gasteiger charge is 2.16. The van der Waals surface area contributed by atoms with E-state index in [2.05, 4.69) is 5.32 Å². The summed E-state index contributed by atoms with van der Waals surface area (Å²) >= 11 is 1.65. The van der Waals surface area contributed by atoms with Gasteiger partial charge in [-0.25, -0.2) is 4.39 Å². The van der Waals surface area contributed by atoms with E-state index in [1.165, 1.54) is 6.07 Å². The Bertz CT molecular complexity index is 439. The fourth-order valence-corrected chi connectivity index (χ4v) is 2.55. The van der Waals surface area contributed by atoms with Crippen LogP contribution in [0.25, 0.3) is 0 Å². The minimum Gasteiger partial charge on any atom is -0.306 e. The van der Waals surface area contributed by atoms with E-state index >= 15 is 0 Å². The summed E-state index contributed by atoms with van der Waals surface area (Å²) in [6, 6.07) is 10.9. The average Bonchev–Trinajstić information content (AvgIpc) is 2.80. The Morgan fingerprint density at radius 1 is 1.25 bits per heavy atom. The van der Waals surface area contributed by atoms with Crippen molar-refractivity contribution in [3.8, 4) is 0 Å². The molecule has 3 heteroatoms. The van der Waals surface area contributed by atoms with Crippen LogP contribution in [0.15, 0.2) is 41.8 Å². The standard InChI is InChI=1S/C13H14FNS/c1-2-15-13(12-8-5-9-16-12)10-6-3-4-7-11(10)14/h3-9,13,15H,2H2,1H3. The molecule has 0 aliphatic carbocycles. The number of hydrogen-bond acceptors (Lipinski definition) is 2. The molecule has 0 saturated heterocycles. The van der Waals surface area contributed by atoms with Crippen LogP contribution in [0.2, 0.25) is 0 Å². The summed E-state index contributed by atoms with van der Waals surface area (Å²) in [5.41, 5.74) is 0.715. The molecule has 84 valence electrons. The summed E-state index contributed by atoms with van der Waals surface area (Å²) in [7, 11) is 0. The van der Waals surface area contributed by atoms with E-state index in [-0.39, 0.29) is 11.9 Å². The molecule has 0 fully saturated rings. The average molecular weight is 235 g/mol. The van der Waals surface area contributed by atoms with Gasteiger partial charge in [-0.2, -0.15) is 0 Å². The zero-order valence-electron chi connectivity index (χ0n) is 9.11. The third-order valence-corrected chi connectivity index (χ3v) is 3.39. The van der Waals surface area contributed by atoms with Crippen molar-refractivity contribution in [3.63, 3.8) is 0 Å². The van der Waals surface area contributed by atoms with Gasteiger partial charge in [0.15, 0.2) is 0 Å². The summed E-state index contributed by atoms with van der Waals surface area (Å²) in [6.07, 6.45) is 0. The molecule has 0 radical (unpaired) electrons. The highest BCUT2D eigenvalue weighted by molar-refractivity contribution is 7.10. The van der Waals surface area contributed by atoms with Gasteiger partial charge >= 0.3 is 0 Å². The van der Waals surface area contributed by atoms with Crippen LogP contribution in [0.5, 0.6) is 0 Å². The third kappa shape index (κ3) is 2.31. The van der Waals surface area contributed by atoms with Crippen molar-refractivity contribution in [3.05, 3.63) is 58.0 Å². The molecular formula is C13H14FNS.